The van der Waals surface area contributed by atoms with E-state index in [2.05, 4.69) is 4.98 Å². The van der Waals surface area contributed by atoms with Crippen molar-refractivity contribution in [2.75, 3.05) is 5.75 Å². The fourth-order valence-electron chi connectivity index (χ4n) is 2.22. The number of pyridine rings is 1. The Bertz CT molecular complexity index is 645. The number of rotatable bonds is 5. The zero-order valence-electron chi connectivity index (χ0n) is 13.3. The van der Waals surface area contributed by atoms with E-state index < -0.39 is 38.3 Å². The molecule has 0 radical (unpaired) electrons. The van der Waals surface area contributed by atoms with Gasteiger partial charge in [-0.3, -0.25) is 4.79 Å². The topological polar surface area (TPSA) is 67.3 Å². The van der Waals surface area contributed by atoms with Crippen LogP contribution in [-0.4, -0.2) is 42.0 Å². The van der Waals surface area contributed by atoms with E-state index in [1.165, 1.54) is 4.90 Å². The molecular weight excluding hydrogens is 333 g/mol. The van der Waals surface area contributed by atoms with Crippen molar-refractivity contribution in [1.82, 2.24) is 9.88 Å². The summed E-state index contributed by atoms with van der Waals surface area (Å²) in [4.78, 5) is 16.9. The van der Waals surface area contributed by atoms with E-state index in [1.54, 1.807) is 27.7 Å². The third kappa shape index (κ3) is 4.92. The summed E-state index contributed by atoms with van der Waals surface area (Å²) in [5.41, 5.74) is -1.05. The molecule has 0 aromatic carbocycles. The molecule has 9 heteroatoms. The fourth-order valence-corrected chi connectivity index (χ4v) is 3.33. The predicted molar refractivity (Wildman–Crippen MR) is 78.4 cm³/mol. The van der Waals surface area contributed by atoms with Crippen LogP contribution in [0.4, 0.5) is 13.2 Å². The molecule has 1 amide bonds. The number of alkyl halides is 3. The lowest BCUT2D eigenvalue weighted by Gasteiger charge is -2.30. The minimum Gasteiger partial charge on any atom is -0.337 e. The third-order valence-corrected chi connectivity index (χ3v) is 4.60. The first-order valence-corrected chi connectivity index (χ1v) is 8.58. The van der Waals surface area contributed by atoms with E-state index in [4.69, 9.17) is 0 Å². The van der Waals surface area contributed by atoms with Crippen LogP contribution in [0, 0.1) is 0 Å². The van der Waals surface area contributed by atoms with Crippen LogP contribution in [0.15, 0.2) is 23.4 Å². The summed E-state index contributed by atoms with van der Waals surface area (Å²) in [6, 6.07) is 1.00. The smallest absolute Gasteiger partial charge is 0.337 e. The lowest BCUT2D eigenvalue weighted by molar-refractivity contribution is -0.138. The van der Waals surface area contributed by atoms with E-state index in [9.17, 15) is 26.4 Å². The first-order chi connectivity index (χ1) is 10.4. The number of carbonyl (C=O) groups is 1. The summed E-state index contributed by atoms with van der Waals surface area (Å²) in [5, 5.41) is -0.550. The van der Waals surface area contributed by atoms with Crippen molar-refractivity contribution in [3.05, 3.63) is 23.9 Å². The molecule has 5 nitrogen and oxygen atoms in total. The van der Waals surface area contributed by atoms with Crippen LogP contribution in [0.2, 0.25) is 0 Å². The molecule has 1 rings (SSSR count). The number of hydrogen-bond donors (Lipinski definition) is 0. The molecule has 1 aromatic rings. The minimum atomic E-state index is -4.60. The Morgan fingerprint density at radius 3 is 2.04 bits per heavy atom. The zero-order valence-corrected chi connectivity index (χ0v) is 14.1. The Kier molecular flexibility index (Phi) is 5.79. The maximum Gasteiger partial charge on any atom is 0.417 e. The van der Waals surface area contributed by atoms with Crippen molar-refractivity contribution in [2.45, 2.75) is 51.0 Å². The molecule has 0 aliphatic carbocycles. The minimum absolute atomic E-state index is 0.196. The van der Waals surface area contributed by atoms with Gasteiger partial charge in [0.2, 0.25) is 15.7 Å². The van der Waals surface area contributed by atoms with E-state index in [1.807, 2.05) is 0 Å². The molecule has 0 saturated carbocycles. The number of aromatic nitrogens is 1. The number of sulfone groups is 1. The summed E-state index contributed by atoms with van der Waals surface area (Å²) >= 11 is 0. The lowest BCUT2D eigenvalue weighted by atomic mass is 10.2. The van der Waals surface area contributed by atoms with Gasteiger partial charge in [0, 0.05) is 18.3 Å². The Morgan fingerprint density at radius 1 is 1.17 bits per heavy atom. The van der Waals surface area contributed by atoms with Gasteiger partial charge in [-0.05, 0) is 39.8 Å². The van der Waals surface area contributed by atoms with Crippen molar-refractivity contribution in [3.8, 4) is 0 Å². The van der Waals surface area contributed by atoms with E-state index in [0.29, 0.717) is 12.3 Å². The number of hydrogen-bond acceptors (Lipinski definition) is 4. The van der Waals surface area contributed by atoms with Gasteiger partial charge in [0.05, 0.1) is 5.56 Å². The second-order valence-corrected chi connectivity index (χ2v) is 7.57. The van der Waals surface area contributed by atoms with Crippen LogP contribution in [0.1, 0.15) is 33.3 Å². The van der Waals surface area contributed by atoms with Gasteiger partial charge in [-0.15, -0.1) is 0 Å². The second-order valence-electron chi connectivity index (χ2n) is 5.63. The van der Waals surface area contributed by atoms with Crippen LogP contribution in [-0.2, 0) is 20.8 Å². The first kappa shape index (κ1) is 19.4. The fraction of sp³-hybridized carbons (Fsp3) is 0.571. The van der Waals surface area contributed by atoms with Crippen LogP contribution >= 0.6 is 0 Å². The maximum absolute atomic E-state index is 12.5. The van der Waals surface area contributed by atoms with Gasteiger partial charge in [-0.25, -0.2) is 13.4 Å². The van der Waals surface area contributed by atoms with Crippen LogP contribution in [0.25, 0.3) is 0 Å². The molecular formula is C14H19F3N2O3S. The molecule has 130 valence electrons. The average molecular weight is 352 g/mol. The van der Waals surface area contributed by atoms with Gasteiger partial charge in [0.25, 0.3) is 0 Å². The van der Waals surface area contributed by atoms with Gasteiger partial charge in [0.15, 0.2) is 5.03 Å². The molecule has 23 heavy (non-hydrogen) atoms. The van der Waals surface area contributed by atoms with Crippen LogP contribution < -0.4 is 0 Å². The molecule has 0 atom stereocenters. The predicted octanol–water partition coefficient (Wildman–Crippen LogP) is 2.52. The Hall–Kier alpha value is -1.64. The number of carbonyl (C=O) groups excluding carboxylic acids is 1. The molecule has 1 aromatic heterocycles. The summed E-state index contributed by atoms with van der Waals surface area (Å²) < 4.78 is 61.7. The SMILES string of the molecule is CC(C)N(C(=O)CS(=O)(=O)c1ccc(C(F)(F)F)cn1)C(C)C. The molecule has 0 aliphatic heterocycles. The lowest BCUT2D eigenvalue weighted by Crippen LogP contribution is -2.44. The largest absolute Gasteiger partial charge is 0.417 e. The summed E-state index contributed by atoms with van der Waals surface area (Å²) in [6.45, 7) is 7.00. The van der Waals surface area contributed by atoms with Gasteiger partial charge in [0.1, 0.15) is 5.75 Å². The Balaban J connectivity index is 3.02. The van der Waals surface area contributed by atoms with Gasteiger partial charge in [-0.2, -0.15) is 13.2 Å². The highest BCUT2D eigenvalue weighted by Crippen LogP contribution is 2.28. The van der Waals surface area contributed by atoms with Gasteiger partial charge < -0.3 is 4.90 Å². The van der Waals surface area contributed by atoms with Crippen molar-refractivity contribution in [1.29, 1.82) is 0 Å². The van der Waals surface area contributed by atoms with E-state index in [-0.39, 0.29) is 12.1 Å². The van der Waals surface area contributed by atoms with Crippen molar-refractivity contribution in [2.24, 2.45) is 0 Å². The molecule has 0 unspecified atom stereocenters. The van der Waals surface area contributed by atoms with Crippen molar-refractivity contribution < 1.29 is 26.4 Å². The first-order valence-electron chi connectivity index (χ1n) is 6.93. The highest BCUT2D eigenvalue weighted by molar-refractivity contribution is 7.92. The summed E-state index contributed by atoms with van der Waals surface area (Å²) in [7, 11) is -4.10. The molecule has 0 N–H and O–H groups in total. The van der Waals surface area contributed by atoms with Crippen LogP contribution in [0.5, 0.6) is 0 Å². The summed E-state index contributed by atoms with van der Waals surface area (Å²) in [5.74, 6) is -1.45. The number of amides is 1. The van der Waals surface area contributed by atoms with E-state index >= 15 is 0 Å². The molecule has 0 fully saturated rings. The molecule has 0 spiro atoms. The molecule has 0 bridgehead atoms. The standard InChI is InChI=1S/C14H19F3N2O3S/c1-9(2)19(10(3)4)13(20)8-23(21,22)12-6-5-11(7-18-12)14(15,16)17/h5-7,9-10H,8H2,1-4H3. The van der Waals surface area contributed by atoms with Gasteiger partial charge >= 0.3 is 6.18 Å². The Morgan fingerprint density at radius 2 is 1.70 bits per heavy atom. The number of nitrogens with zero attached hydrogens (tertiary/aromatic N) is 2. The zero-order chi connectivity index (χ0) is 18.0. The molecule has 0 saturated heterocycles. The normalized spacial score (nSPS) is 12.7. The van der Waals surface area contributed by atoms with Gasteiger partial charge in [-0.1, -0.05) is 0 Å². The third-order valence-electron chi connectivity index (χ3n) is 3.10. The maximum atomic E-state index is 12.5. The average Bonchev–Trinajstić information content (AvgIpc) is 2.36. The Labute approximate surface area is 133 Å². The molecule has 0 aliphatic rings. The summed E-state index contributed by atoms with van der Waals surface area (Å²) in [6.07, 6.45) is -4.16. The number of halogens is 3. The van der Waals surface area contributed by atoms with Crippen molar-refractivity contribution in [3.63, 3.8) is 0 Å². The monoisotopic (exact) mass is 352 g/mol. The molecule has 1 heterocycles. The van der Waals surface area contributed by atoms with Crippen molar-refractivity contribution >= 4 is 15.7 Å². The van der Waals surface area contributed by atoms with Crippen LogP contribution in [0.3, 0.4) is 0 Å². The quantitative estimate of drug-likeness (QED) is 0.817. The highest BCUT2D eigenvalue weighted by atomic mass is 32.2. The van der Waals surface area contributed by atoms with E-state index in [0.717, 1.165) is 6.07 Å². The second kappa shape index (κ2) is 6.86. The highest BCUT2D eigenvalue weighted by Gasteiger charge is 2.32.